The molecule has 0 aliphatic carbocycles. The lowest BCUT2D eigenvalue weighted by molar-refractivity contribution is -0.144. The molecule has 0 fully saturated rings. The summed E-state index contributed by atoms with van der Waals surface area (Å²) in [4.78, 5) is 11.8. The number of carbonyl (C=O) groups excluding carboxylic acids is 1. The molecule has 0 aliphatic rings. The Morgan fingerprint density at radius 1 is 1.35 bits per heavy atom. The summed E-state index contributed by atoms with van der Waals surface area (Å²) in [6.45, 7) is 4.68. The maximum atomic E-state index is 11.8. The van der Waals surface area contributed by atoms with Crippen LogP contribution in [0.25, 0.3) is 10.9 Å². The zero-order chi connectivity index (χ0) is 14.7. The summed E-state index contributed by atoms with van der Waals surface area (Å²) in [5.41, 5.74) is 2.39. The predicted molar refractivity (Wildman–Crippen MR) is 80.4 cm³/mol. The minimum atomic E-state index is -0.279. The van der Waals surface area contributed by atoms with Gasteiger partial charge in [0.2, 0.25) is 0 Å². The molecular formula is C16H22N2O2. The second-order valence-electron chi connectivity index (χ2n) is 5.41. The number of nitrogens with one attached hydrogen (secondary N) is 1. The van der Waals surface area contributed by atoms with Gasteiger partial charge in [-0.05, 0) is 17.5 Å². The highest BCUT2D eigenvalue weighted by molar-refractivity contribution is 5.84. The SMILES string of the molecule is COC(=O)[C@@H](NCc1cn(C)c2ccccc12)C(C)C. The van der Waals surface area contributed by atoms with Crippen LogP contribution < -0.4 is 5.32 Å². The van der Waals surface area contributed by atoms with Crippen molar-refractivity contribution in [2.75, 3.05) is 7.11 Å². The van der Waals surface area contributed by atoms with Crippen LogP contribution in [-0.2, 0) is 23.1 Å². The first-order valence-corrected chi connectivity index (χ1v) is 6.88. The molecule has 0 unspecified atom stereocenters. The number of ether oxygens (including phenoxy) is 1. The fourth-order valence-electron chi connectivity index (χ4n) is 2.50. The largest absolute Gasteiger partial charge is 0.468 e. The van der Waals surface area contributed by atoms with Gasteiger partial charge in [-0.15, -0.1) is 0 Å². The first kappa shape index (κ1) is 14.6. The third-order valence-electron chi connectivity index (χ3n) is 3.61. The highest BCUT2D eigenvalue weighted by atomic mass is 16.5. The van der Waals surface area contributed by atoms with Crippen LogP contribution in [0, 0.1) is 5.92 Å². The molecule has 0 saturated heterocycles. The van der Waals surface area contributed by atoms with Gasteiger partial charge in [-0.25, -0.2) is 0 Å². The molecule has 4 heteroatoms. The van der Waals surface area contributed by atoms with Gasteiger partial charge in [0.25, 0.3) is 0 Å². The molecule has 4 nitrogen and oxygen atoms in total. The van der Waals surface area contributed by atoms with Gasteiger partial charge in [0, 0.05) is 30.7 Å². The molecule has 1 aromatic carbocycles. The Morgan fingerprint density at radius 2 is 2.05 bits per heavy atom. The molecule has 1 N–H and O–H groups in total. The number of esters is 1. The normalized spacial score (nSPS) is 12.8. The summed E-state index contributed by atoms with van der Waals surface area (Å²) in [6, 6.07) is 7.99. The quantitative estimate of drug-likeness (QED) is 0.852. The Morgan fingerprint density at radius 3 is 2.70 bits per heavy atom. The Hall–Kier alpha value is -1.81. The van der Waals surface area contributed by atoms with Crippen molar-refractivity contribution in [2.45, 2.75) is 26.4 Å². The Labute approximate surface area is 119 Å². The number of aryl methyl sites for hydroxylation is 1. The molecule has 0 saturated carbocycles. The van der Waals surface area contributed by atoms with E-state index in [1.165, 1.54) is 23.6 Å². The number of nitrogens with zero attached hydrogens (tertiary/aromatic N) is 1. The topological polar surface area (TPSA) is 43.3 Å². The minimum absolute atomic E-state index is 0.192. The molecule has 0 radical (unpaired) electrons. The van der Waals surface area contributed by atoms with E-state index in [1.807, 2.05) is 33.0 Å². The molecular weight excluding hydrogens is 252 g/mol. The number of benzene rings is 1. The zero-order valence-electron chi connectivity index (χ0n) is 12.5. The van der Waals surface area contributed by atoms with Crippen molar-refractivity contribution < 1.29 is 9.53 Å². The van der Waals surface area contributed by atoms with Crippen molar-refractivity contribution in [3.05, 3.63) is 36.0 Å². The molecule has 2 rings (SSSR count). The number of hydrogen-bond acceptors (Lipinski definition) is 3. The fraction of sp³-hybridized carbons (Fsp3) is 0.438. The predicted octanol–water partition coefficient (Wildman–Crippen LogP) is 2.47. The molecule has 1 heterocycles. The molecule has 0 bridgehead atoms. The number of rotatable bonds is 5. The van der Waals surface area contributed by atoms with Crippen molar-refractivity contribution in [2.24, 2.45) is 13.0 Å². The molecule has 0 aliphatic heterocycles. The first-order chi connectivity index (χ1) is 9.54. The molecule has 1 aromatic heterocycles. The van der Waals surface area contributed by atoms with Gasteiger partial charge in [-0.1, -0.05) is 32.0 Å². The van der Waals surface area contributed by atoms with Crippen LogP contribution >= 0.6 is 0 Å². The molecule has 108 valence electrons. The molecule has 20 heavy (non-hydrogen) atoms. The van der Waals surface area contributed by atoms with E-state index in [4.69, 9.17) is 4.74 Å². The van der Waals surface area contributed by atoms with E-state index in [0.717, 1.165) is 0 Å². The number of carbonyl (C=O) groups is 1. The second-order valence-corrected chi connectivity index (χ2v) is 5.41. The van der Waals surface area contributed by atoms with Crippen molar-refractivity contribution in [1.29, 1.82) is 0 Å². The number of hydrogen-bond donors (Lipinski definition) is 1. The average molecular weight is 274 g/mol. The van der Waals surface area contributed by atoms with Crippen molar-refractivity contribution in [3.63, 3.8) is 0 Å². The van der Waals surface area contributed by atoms with Gasteiger partial charge >= 0.3 is 5.97 Å². The summed E-state index contributed by atoms with van der Waals surface area (Å²) in [5, 5.41) is 4.52. The molecule has 1 atom stereocenters. The average Bonchev–Trinajstić information content (AvgIpc) is 2.76. The Bertz CT molecular complexity index is 602. The van der Waals surface area contributed by atoms with Gasteiger partial charge < -0.3 is 9.30 Å². The third kappa shape index (κ3) is 2.85. The van der Waals surface area contributed by atoms with Crippen LogP contribution in [0.15, 0.2) is 30.5 Å². The Kier molecular flexibility index (Phi) is 4.45. The van der Waals surface area contributed by atoms with Crippen LogP contribution in [0.2, 0.25) is 0 Å². The van der Waals surface area contributed by atoms with Gasteiger partial charge in [-0.3, -0.25) is 10.1 Å². The number of methoxy groups -OCH3 is 1. The summed E-state index contributed by atoms with van der Waals surface area (Å²) in [7, 11) is 3.46. The molecule has 0 amide bonds. The third-order valence-corrected chi connectivity index (χ3v) is 3.61. The van der Waals surface area contributed by atoms with E-state index in [1.54, 1.807) is 0 Å². The van der Waals surface area contributed by atoms with Gasteiger partial charge in [0.1, 0.15) is 6.04 Å². The number of aromatic nitrogens is 1. The van der Waals surface area contributed by atoms with E-state index in [2.05, 4.69) is 28.2 Å². The van der Waals surface area contributed by atoms with Gasteiger partial charge in [0.05, 0.1) is 7.11 Å². The summed E-state index contributed by atoms with van der Waals surface area (Å²) in [5.74, 6) is -0.0161. The highest BCUT2D eigenvalue weighted by Crippen LogP contribution is 2.20. The maximum Gasteiger partial charge on any atom is 0.323 e. The van der Waals surface area contributed by atoms with Gasteiger partial charge in [-0.2, -0.15) is 0 Å². The fourth-order valence-corrected chi connectivity index (χ4v) is 2.50. The van der Waals surface area contributed by atoms with E-state index < -0.39 is 0 Å². The van der Waals surface area contributed by atoms with Crippen molar-refractivity contribution in [3.8, 4) is 0 Å². The summed E-state index contributed by atoms with van der Waals surface area (Å²) in [6.07, 6.45) is 2.10. The Balaban J connectivity index is 2.18. The summed E-state index contributed by atoms with van der Waals surface area (Å²) >= 11 is 0. The maximum absolute atomic E-state index is 11.8. The number of para-hydroxylation sites is 1. The van der Waals surface area contributed by atoms with Crippen molar-refractivity contribution >= 4 is 16.9 Å². The van der Waals surface area contributed by atoms with Crippen LogP contribution in [-0.4, -0.2) is 23.7 Å². The lowest BCUT2D eigenvalue weighted by Crippen LogP contribution is -2.41. The smallest absolute Gasteiger partial charge is 0.323 e. The lowest BCUT2D eigenvalue weighted by Gasteiger charge is -2.19. The number of fused-ring (bicyclic) bond motifs is 1. The van der Waals surface area contributed by atoms with E-state index in [0.29, 0.717) is 6.54 Å². The van der Waals surface area contributed by atoms with Crippen LogP contribution in [0.4, 0.5) is 0 Å². The molecule has 0 spiro atoms. The van der Waals surface area contributed by atoms with Crippen LogP contribution in [0.3, 0.4) is 0 Å². The standard InChI is InChI=1S/C16H22N2O2/c1-11(2)15(16(19)20-4)17-9-12-10-18(3)14-8-6-5-7-13(12)14/h5-8,10-11,15,17H,9H2,1-4H3/t15-/m0/s1. The van der Waals surface area contributed by atoms with Gasteiger partial charge in [0.15, 0.2) is 0 Å². The van der Waals surface area contributed by atoms with Crippen molar-refractivity contribution in [1.82, 2.24) is 9.88 Å². The highest BCUT2D eigenvalue weighted by Gasteiger charge is 2.22. The second kappa shape index (κ2) is 6.09. The minimum Gasteiger partial charge on any atom is -0.468 e. The monoisotopic (exact) mass is 274 g/mol. The molecule has 2 aromatic rings. The lowest BCUT2D eigenvalue weighted by atomic mass is 10.0. The van der Waals surface area contributed by atoms with E-state index >= 15 is 0 Å². The van der Waals surface area contributed by atoms with E-state index in [-0.39, 0.29) is 17.9 Å². The van der Waals surface area contributed by atoms with E-state index in [9.17, 15) is 4.79 Å². The zero-order valence-corrected chi connectivity index (χ0v) is 12.5. The first-order valence-electron chi connectivity index (χ1n) is 6.88. The van der Waals surface area contributed by atoms with Crippen LogP contribution in [0.1, 0.15) is 19.4 Å². The van der Waals surface area contributed by atoms with Crippen LogP contribution in [0.5, 0.6) is 0 Å². The summed E-state index contributed by atoms with van der Waals surface area (Å²) < 4.78 is 6.95.